The lowest BCUT2D eigenvalue weighted by molar-refractivity contribution is -0.535. The van der Waals surface area contributed by atoms with Gasteiger partial charge in [-0.05, 0) is 211 Å². The molecule has 0 saturated heterocycles. The summed E-state index contributed by atoms with van der Waals surface area (Å²) >= 11 is 0. The van der Waals surface area contributed by atoms with Crippen LogP contribution in [0.4, 0.5) is 50.1 Å². The van der Waals surface area contributed by atoms with Crippen LogP contribution in [0.5, 0.6) is 0 Å². The van der Waals surface area contributed by atoms with Crippen LogP contribution in [0, 0.1) is 17.9 Å². The van der Waals surface area contributed by atoms with E-state index >= 15 is 4.32 Å². The lowest BCUT2D eigenvalue weighted by Gasteiger charge is -2.26. The number of nitriles is 1. The molecular weight excluding hydrogens is 1370 g/mol. The van der Waals surface area contributed by atoms with E-state index in [4.69, 9.17) is 25.4 Å². The maximum atomic E-state index is 17.1. The summed E-state index contributed by atoms with van der Waals surface area (Å²) in [4.78, 5) is 18.7. The summed E-state index contributed by atoms with van der Waals surface area (Å²) in [5.41, 5.74) is 21.6. The van der Waals surface area contributed by atoms with Crippen molar-refractivity contribution in [3.63, 3.8) is 0 Å². The van der Waals surface area contributed by atoms with E-state index in [1.165, 1.54) is 10.8 Å². The number of hydrogen-bond donors (Lipinski definition) is 0. The van der Waals surface area contributed by atoms with Crippen molar-refractivity contribution in [1.29, 1.82) is 5.26 Å². The number of allylic oxidation sites excluding steroid dienone is 1. The number of para-hydroxylation sites is 2. The number of hydrogen-bond acceptors (Lipinski definition) is 7. The van der Waals surface area contributed by atoms with E-state index in [1.54, 1.807) is 8.96 Å². The number of furan rings is 2. The Morgan fingerprint density at radius 3 is 1.33 bits per heavy atom. The zero-order valence-electron chi connectivity index (χ0n) is 59.2. The molecule has 15 heteroatoms. The Labute approximate surface area is 635 Å². The van der Waals surface area contributed by atoms with Gasteiger partial charge in [0.25, 0.3) is 0 Å². The highest BCUT2D eigenvalue weighted by molar-refractivity contribution is 6.42. The Morgan fingerprint density at radius 2 is 0.811 bits per heavy atom. The van der Waals surface area contributed by atoms with E-state index in [0.29, 0.717) is 22.4 Å². The standard InChI is InChI=1S/C96H56B2FN10O2/c1-101-94(66-32-48-76(49-33-66)107(72-40-24-60(25-41-72)68-35-51-80-78-15-3-5-21-87(78)111-89(80)55-68)73-42-26-61(27-43-73)69-36-52-90-102-95-81-16-6-10-64-12-8-18-84(92(64)81)108(95)97-104(90)57-69)83(56-100)63-30-46-75(47-31-63)106(71-38-22-59(23-39-71)67-34-50-79-77-14-2-4-20-86(77)110-88(79)54-67)74-44-28-62(29-45-74)70-37-53-91-103-96-82-17-7-11-65-13-9-19-85(93(65)82)109(96)98(99)105(91)58-70/h2-55,57-58H/q+2/b94-83-. The second-order valence-electron chi connectivity index (χ2n) is 28.3. The van der Waals surface area contributed by atoms with Gasteiger partial charge in [-0.1, -0.05) is 170 Å². The molecule has 14 aromatic carbocycles. The summed E-state index contributed by atoms with van der Waals surface area (Å²) in [7, 11) is 0.608. The minimum absolute atomic E-state index is 0.227. The van der Waals surface area contributed by atoms with Gasteiger partial charge in [0.15, 0.2) is 0 Å². The molecule has 0 amide bonds. The number of fused-ring (bicyclic) bond motifs is 14. The zero-order valence-corrected chi connectivity index (χ0v) is 59.2. The van der Waals surface area contributed by atoms with Gasteiger partial charge < -0.3 is 23.1 Å². The summed E-state index contributed by atoms with van der Waals surface area (Å²) in [6.45, 7) is 8.71. The molecule has 513 valence electrons. The molecule has 0 N–H and O–H groups in total. The maximum Gasteiger partial charge on any atom is 0.727 e. The summed E-state index contributed by atoms with van der Waals surface area (Å²) in [5, 5.41) is 22.0. The Morgan fingerprint density at radius 1 is 0.405 bits per heavy atom. The Kier molecular flexibility index (Phi) is 14.2. The smallest absolute Gasteiger partial charge is 0.456 e. The normalized spacial score (nSPS) is 12.5. The molecule has 0 spiro atoms. The number of nitrogens with zero attached hydrogens (tertiary/aromatic N) is 10. The molecule has 6 aromatic heterocycles. The molecule has 22 rings (SSSR count). The maximum absolute atomic E-state index is 17.1. The quantitative estimate of drug-likeness (QED) is 0.0525. The Bertz CT molecular complexity index is 7510. The minimum atomic E-state index is -1.52. The summed E-state index contributed by atoms with van der Waals surface area (Å²) < 4.78 is 37.3. The Balaban J connectivity index is 0.587. The first-order valence-electron chi connectivity index (χ1n) is 36.8. The highest BCUT2D eigenvalue weighted by atomic mass is 19.1. The third-order valence-electron chi connectivity index (χ3n) is 22.1. The molecule has 20 aromatic rings. The van der Waals surface area contributed by atoms with Crippen molar-refractivity contribution in [2.24, 2.45) is 9.98 Å². The highest BCUT2D eigenvalue weighted by Gasteiger charge is 2.40. The third kappa shape index (κ3) is 10.2. The minimum Gasteiger partial charge on any atom is -0.456 e. The van der Waals surface area contributed by atoms with Crippen LogP contribution in [0.1, 0.15) is 11.1 Å². The van der Waals surface area contributed by atoms with Crippen LogP contribution in [0.2, 0.25) is 0 Å². The summed E-state index contributed by atoms with van der Waals surface area (Å²) in [6, 6.07) is 114. The van der Waals surface area contributed by atoms with Gasteiger partial charge in [-0.25, -0.2) is 9.32 Å². The van der Waals surface area contributed by atoms with Crippen LogP contribution in [-0.2, 0) is 0 Å². The topological polar surface area (TPSA) is 103 Å². The first kappa shape index (κ1) is 63.1. The third-order valence-corrected chi connectivity index (χ3v) is 22.1. The molecule has 2 aliphatic heterocycles. The van der Waals surface area contributed by atoms with Crippen molar-refractivity contribution in [2.45, 2.75) is 0 Å². The second-order valence-corrected chi connectivity index (χ2v) is 28.3. The molecule has 2 aliphatic rings. The van der Waals surface area contributed by atoms with Crippen molar-refractivity contribution in [3.8, 4) is 50.6 Å². The van der Waals surface area contributed by atoms with Crippen LogP contribution in [-0.4, -0.2) is 23.8 Å². The van der Waals surface area contributed by atoms with Crippen LogP contribution < -0.4 is 29.7 Å². The van der Waals surface area contributed by atoms with Crippen molar-refractivity contribution in [1.82, 2.24) is 8.96 Å². The molecule has 0 bridgehead atoms. The van der Waals surface area contributed by atoms with Gasteiger partial charge in [0.05, 0.1) is 41.4 Å². The number of anilines is 6. The fourth-order valence-electron chi connectivity index (χ4n) is 16.7. The first-order chi connectivity index (χ1) is 54.8. The van der Waals surface area contributed by atoms with E-state index in [-0.39, 0.29) is 11.3 Å². The average Bonchev–Trinajstić information content (AvgIpc) is 1.58. The lowest BCUT2D eigenvalue weighted by atomic mass is 9.99. The molecule has 0 fully saturated rings. The van der Waals surface area contributed by atoms with Gasteiger partial charge in [0.2, 0.25) is 16.7 Å². The van der Waals surface area contributed by atoms with Crippen LogP contribution >= 0.6 is 0 Å². The molecular formula is C96H56B2FN10O2+2. The number of aromatic nitrogens is 4. The van der Waals surface area contributed by atoms with E-state index in [0.717, 1.165) is 166 Å². The fourth-order valence-corrected chi connectivity index (χ4v) is 16.7. The largest absolute Gasteiger partial charge is 0.727 e. The number of pyridine rings is 2. The molecule has 1 radical (unpaired) electrons. The van der Waals surface area contributed by atoms with Gasteiger partial charge in [0, 0.05) is 101 Å². The average molecular weight is 1420 g/mol. The lowest BCUT2D eigenvalue weighted by Crippen LogP contribution is -2.58. The van der Waals surface area contributed by atoms with E-state index in [2.05, 4.69) is 250 Å². The molecule has 0 saturated carbocycles. The number of rotatable bonds is 12. The van der Waals surface area contributed by atoms with Crippen molar-refractivity contribution in [2.75, 3.05) is 9.80 Å². The number of halogens is 1. The molecule has 0 atom stereocenters. The summed E-state index contributed by atoms with van der Waals surface area (Å²) in [6.07, 6.45) is 3.98. The van der Waals surface area contributed by atoms with E-state index in [9.17, 15) is 5.26 Å². The molecule has 111 heavy (non-hydrogen) atoms. The van der Waals surface area contributed by atoms with Crippen molar-refractivity contribution >= 4 is 159 Å². The number of benzene rings is 14. The van der Waals surface area contributed by atoms with Crippen LogP contribution in [0.25, 0.3) is 148 Å². The van der Waals surface area contributed by atoms with Gasteiger partial charge in [0.1, 0.15) is 22.3 Å². The zero-order chi connectivity index (χ0) is 73.5. The van der Waals surface area contributed by atoms with Crippen molar-refractivity contribution in [3.05, 3.63) is 373 Å². The predicted molar refractivity (Wildman–Crippen MR) is 444 cm³/mol. The monoisotopic (exact) mass is 1420 g/mol. The van der Waals surface area contributed by atoms with Crippen LogP contribution in [0.15, 0.2) is 359 Å². The Hall–Kier alpha value is -15.2. The molecule has 8 heterocycles. The van der Waals surface area contributed by atoms with Crippen LogP contribution in [0.3, 0.4) is 0 Å². The van der Waals surface area contributed by atoms with Gasteiger partial charge in [-0.2, -0.15) is 5.26 Å². The van der Waals surface area contributed by atoms with Gasteiger partial charge >= 0.3 is 26.4 Å². The van der Waals surface area contributed by atoms with E-state index in [1.807, 2.05) is 128 Å². The first-order valence-corrected chi connectivity index (χ1v) is 36.8. The van der Waals surface area contributed by atoms with E-state index < -0.39 is 7.26 Å². The van der Waals surface area contributed by atoms with Gasteiger partial charge in [-0.3, -0.25) is 13.3 Å². The van der Waals surface area contributed by atoms with Crippen molar-refractivity contribution < 1.29 is 22.1 Å². The molecule has 0 unspecified atom stereocenters. The fraction of sp³-hybridized carbons (Fsp3) is 0. The second kappa shape index (κ2) is 25.0. The summed E-state index contributed by atoms with van der Waals surface area (Å²) in [5.74, 6) is 1.38. The SMILES string of the molecule is [C-]#[N+]/C(=C(/C#N)c1ccc(N(c2ccc(-c3ccc4c(c3)oc3ccccc34)cc2)c2ccc(-c3ccc4[n+](c3)B(F)n3c(c5cccc6cccc3c65)=N4)cc2)cc1)c1ccc(N(c2ccc(-c3ccc4c(c3)oc3ccccc34)cc2)c2ccc(-c3ccc4[n+](c3)[B]n3c(c5cccc6cccc3c65)=N4)cc2)cc1. The predicted octanol–water partition coefficient (Wildman–Crippen LogP) is 22.4. The van der Waals surface area contributed by atoms with Gasteiger partial charge in [-0.15, -0.1) is 0 Å². The molecule has 0 aliphatic carbocycles. The highest BCUT2D eigenvalue weighted by Crippen LogP contribution is 2.43. The molecule has 12 nitrogen and oxygen atoms in total.